The third-order valence-corrected chi connectivity index (χ3v) is 5.32. The van der Waals surface area contributed by atoms with Gasteiger partial charge in [-0.25, -0.2) is 0 Å². The molecule has 0 radical (unpaired) electrons. The van der Waals surface area contributed by atoms with Crippen LogP contribution in [-0.2, 0) is 0 Å². The normalized spacial score (nSPS) is 22.5. The monoisotopic (exact) mass is 367 g/mol. The number of methoxy groups -OCH3 is 1. The minimum absolute atomic E-state index is 0.0319. The number of non-ortho nitro benzene ring substituents is 1. The molecule has 3 atom stereocenters. The van der Waals surface area contributed by atoms with E-state index in [9.17, 15) is 20.2 Å². The molecule has 0 amide bonds. The fourth-order valence-electron chi connectivity index (χ4n) is 4.14. The van der Waals surface area contributed by atoms with E-state index in [1.54, 1.807) is 24.3 Å². The molecule has 27 heavy (non-hydrogen) atoms. The summed E-state index contributed by atoms with van der Waals surface area (Å²) in [5.41, 5.74) is 2.07. The van der Waals surface area contributed by atoms with E-state index >= 15 is 0 Å². The van der Waals surface area contributed by atoms with Crippen LogP contribution in [-0.4, -0.2) is 17.0 Å². The van der Waals surface area contributed by atoms with Crippen LogP contribution in [0.25, 0.3) is 0 Å². The van der Waals surface area contributed by atoms with Crippen molar-refractivity contribution in [3.63, 3.8) is 0 Å². The van der Waals surface area contributed by atoms with Crippen molar-refractivity contribution in [1.82, 2.24) is 0 Å². The second-order valence-electron chi connectivity index (χ2n) is 6.66. The highest BCUT2D eigenvalue weighted by atomic mass is 16.6. The molecule has 4 rings (SSSR count). The summed E-state index contributed by atoms with van der Waals surface area (Å²) >= 11 is 0. The first-order valence-corrected chi connectivity index (χ1v) is 8.54. The van der Waals surface area contributed by atoms with E-state index in [1.807, 2.05) is 12.2 Å². The third-order valence-electron chi connectivity index (χ3n) is 5.32. The summed E-state index contributed by atoms with van der Waals surface area (Å²) in [4.78, 5) is 22.0. The van der Waals surface area contributed by atoms with Crippen LogP contribution in [0.2, 0.25) is 0 Å². The van der Waals surface area contributed by atoms with Gasteiger partial charge < -0.3 is 10.1 Å². The number of nitrogens with zero attached hydrogens (tertiary/aromatic N) is 2. The Bertz CT molecular complexity index is 972. The molecule has 2 aliphatic rings. The maximum Gasteiger partial charge on any atom is 0.274 e. The molecule has 0 spiro atoms. The van der Waals surface area contributed by atoms with Gasteiger partial charge in [-0.3, -0.25) is 20.2 Å². The number of hydrogen-bond acceptors (Lipinski definition) is 6. The van der Waals surface area contributed by atoms with Crippen LogP contribution in [0, 0.1) is 26.1 Å². The number of allylic oxidation sites excluding steroid dienone is 2. The van der Waals surface area contributed by atoms with Crippen molar-refractivity contribution in [3.8, 4) is 5.75 Å². The van der Waals surface area contributed by atoms with Gasteiger partial charge in [0.2, 0.25) is 0 Å². The van der Waals surface area contributed by atoms with E-state index in [1.165, 1.54) is 19.2 Å². The fourth-order valence-corrected chi connectivity index (χ4v) is 4.14. The predicted octanol–water partition coefficient (Wildman–Crippen LogP) is 4.34. The van der Waals surface area contributed by atoms with Crippen molar-refractivity contribution in [3.05, 3.63) is 79.9 Å². The zero-order valence-corrected chi connectivity index (χ0v) is 14.5. The fraction of sp³-hybridized carbons (Fsp3) is 0.263. The van der Waals surface area contributed by atoms with Gasteiger partial charge in [0.25, 0.3) is 11.4 Å². The highest BCUT2D eigenvalue weighted by Gasteiger charge is 2.42. The first-order valence-electron chi connectivity index (χ1n) is 8.54. The Morgan fingerprint density at radius 2 is 1.89 bits per heavy atom. The van der Waals surface area contributed by atoms with Gasteiger partial charge >= 0.3 is 0 Å². The second kappa shape index (κ2) is 6.39. The summed E-state index contributed by atoms with van der Waals surface area (Å²) in [6.07, 6.45) is 4.79. The smallest absolute Gasteiger partial charge is 0.274 e. The van der Waals surface area contributed by atoms with Crippen molar-refractivity contribution < 1.29 is 14.6 Å². The zero-order chi connectivity index (χ0) is 19.1. The van der Waals surface area contributed by atoms with Gasteiger partial charge in [-0.15, -0.1) is 0 Å². The topological polar surface area (TPSA) is 108 Å². The van der Waals surface area contributed by atoms with E-state index in [4.69, 9.17) is 4.74 Å². The lowest BCUT2D eigenvalue weighted by Gasteiger charge is -2.37. The van der Waals surface area contributed by atoms with Gasteiger partial charge in [0, 0.05) is 18.1 Å². The molecule has 3 unspecified atom stereocenters. The molecule has 0 aromatic heterocycles. The molecule has 8 nitrogen and oxygen atoms in total. The summed E-state index contributed by atoms with van der Waals surface area (Å²) in [6, 6.07) is 9.33. The van der Waals surface area contributed by atoms with Crippen molar-refractivity contribution >= 4 is 17.1 Å². The number of fused-ring (bicyclic) bond motifs is 3. The van der Waals surface area contributed by atoms with E-state index in [0.717, 1.165) is 12.0 Å². The van der Waals surface area contributed by atoms with Crippen molar-refractivity contribution in [1.29, 1.82) is 0 Å². The number of nitrogens with one attached hydrogen (secondary N) is 1. The van der Waals surface area contributed by atoms with Crippen LogP contribution in [0.3, 0.4) is 0 Å². The summed E-state index contributed by atoms with van der Waals surface area (Å²) in [5, 5.41) is 26.2. The lowest BCUT2D eigenvalue weighted by molar-refractivity contribution is -0.385. The molecule has 0 bridgehead atoms. The van der Waals surface area contributed by atoms with E-state index < -0.39 is 4.92 Å². The van der Waals surface area contributed by atoms with Crippen LogP contribution in [0.4, 0.5) is 17.1 Å². The Hall–Kier alpha value is -3.42. The van der Waals surface area contributed by atoms with Crippen LogP contribution >= 0.6 is 0 Å². The molecule has 0 fully saturated rings. The quantitative estimate of drug-likeness (QED) is 0.489. The maximum atomic E-state index is 11.5. The molecule has 8 heteroatoms. The zero-order valence-electron chi connectivity index (χ0n) is 14.5. The molecule has 2 aromatic carbocycles. The van der Waals surface area contributed by atoms with Gasteiger partial charge in [-0.05, 0) is 17.9 Å². The van der Waals surface area contributed by atoms with Gasteiger partial charge in [0.05, 0.1) is 40.3 Å². The van der Waals surface area contributed by atoms with Gasteiger partial charge in [0.1, 0.15) is 5.75 Å². The SMILES string of the molecule is COc1cc([N+](=O)[O-])cc2c1NC(c1ccccc1[N+](=O)[O-])C1CC=CC21. The van der Waals surface area contributed by atoms with Crippen molar-refractivity contribution in [2.24, 2.45) is 5.92 Å². The summed E-state index contributed by atoms with van der Waals surface area (Å²) < 4.78 is 5.39. The first kappa shape index (κ1) is 17.0. The molecule has 0 saturated carbocycles. The second-order valence-corrected chi connectivity index (χ2v) is 6.66. The van der Waals surface area contributed by atoms with Crippen molar-refractivity contribution in [2.75, 3.05) is 12.4 Å². The van der Waals surface area contributed by atoms with Gasteiger partial charge in [0.15, 0.2) is 0 Å². The van der Waals surface area contributed by atoms with Crippen molar-refractivity contribution in [2.45, 2.75) is 18.4 Å². The number of benzene rings is 2. The predicted molar refractivity (Wildman–Crippen MR) is 99.1 cm³/mol. The van der Waals surface area contributed by atoms with Gasteiger partial charge in [-0.1, -0.05) is 30.4 Å². The lowest BCUT2D eigenvalue weighted by Crippen LogP contribution is -2.30. The number of hydrogen-bond donors (Lipinski definition) is 1. The van der Waals surface area contributed by atoms with Gasteiger partial charge in [-0.2, -0.15) is 0 Å². The minimum atomic E-state index is -0.440. The molecular weight excluding hydrogens is 350 g/mol. The van der Waals surface area contributed by atoms with Crippen LogP contribution < -0.4 is 10.1 Å². The Morgan fingerprint density at radius 3 is 2.59 bits per heavy atom. The molecule has 1 aliphatic heterocycles. The van der Waals surface area contributed by atoms with E-state index in [0.29, 0.717) is 17.0 Å². The largest absolute Gasteiger partial charge is 0.494 e. The first-order chi connectivity index (χ1) is 13.0. The number of ether oxygens (including phenoxy) is 1. The Morgan fingerprint density at radius 1 is 1.11 bits per heavy atom. The third kappa shape index (κ3) is 2.69. The highest BCUT2D eigenvalue weighted by Crippen LogP contribution is 2.54. The number of nitro benzene ring substituents is 2. The summed E-state index contributed by atoms with van der Waals surface area (Å²) in [7, 11) is 1.46. The van der Waals surface area contributed by atoms with E-state index in [-0.39, 0.29) is 34.2 Å². The maximum absolute atomic E-state index is 11.5. The summed E-state index contributed by atoms with van der Waals surface area (Å²) in [6.45, 7) is 0. The Balaban J connectivity index is 1.88. The molecule has 138 valence electrons. The van der Waals surface area contributed by atoms with Crippen LogP contribution in [0.5, 0.6) is 5.75 Å². The number of anilines is 1. The lowest BCUT2D eigenvalue weighted by atomic mass is 9.76. The van der Waals surface area contributed by atoms with E-state index in [2.05, 4.69) is 5.32 Å². The minimum Gasteiger partial charge on any atom is -0.494 e. The Labute approximate surface area is 154 Å². The number of rotatable bonds is 4. The molecule has 0 saturated heterocycles. The molecule has 2 aromatic rings. The molecular formula is C19H17N3O5. The Kier molecular flexibility index (Phi) is 4.02. The summed E-state index contributed by atoms with van der Waals surface area (Å²) in [5.74, 6) is 0.326. The standard InChI is InChI=1S/C19H17N3O5/c1-27-17-10-11(21(23)24)9-15-12-6-4-7-13(12)18(20-19(15)17)14-5-2-3-8-16(14)22(25)26/h2-6,8-10,12-13,18,20H,7H2,1H3. The number of nitro groups is 2. The highest BCUT2D eigenvalue weighted by molar-refractivity contribution is 5.71. The molecule has 1 heterocycles. The average Bonchev–Trinajstić information content (AvgIpc) is 3.16. The molecule has 1 aliphatic carbocycles. The van der Waals surface area contributed by atoms with Crippen LogP contribution in [0.15, 0.2) is 48.6 Å². The van der Waals surface area contributed by atoms with Crippen LogP contribution in [0.1, 0.15) is 29.5 Å². The average molecular weight is 367 g/mol. The number of para-hydroxylation sites is 1. The molecule has 1 N–H and O–H groups in total.